The summed E-state index contributed by atoms with van der Waals surface area (Å²) in [4.78, 5) is 12.8. The van der Waals surface area contributed by atoms with E-state index in [-0.39, 0.29) is 18.9 Å². The maximum absolute atomic E-state index is 11.0. The molecular formula is C17H35NO7. The Morgan fingerprint density at radius 1 is 0.720 bits per heavy atom. The molecule has 0 aromatic rings. The SMILES string of the molecule is CC(=O)CCCCCN(CC(CO)(CO)CO)CC(CO)(CO)CO. The van der Waals surface area contributed by atoms with E-state index in [1.807, 2.05) is 4.90 Å². The smallest absolute Gasteiger partial charge is 0.129 e. The lowest BCUT2D eigenvalue weighted by atomic mass is 9.86. The molecule has 0 radical (unpaired) electrons. The van der Waals surface area contributed by atoms with Crippen molar-refractivity contribution in [1.82, 2.24) is 4.90 Å². The van der Waals surface area contributed by atoms with Crippen molar-refractivity contribution >= 4 is 5.78 Å². The molecule has 8 heteroatoms. The number of carbonyl (C=O) groups excluding carboxylic acids is 1. The first kappa shape index (κ1) is 24.4. The van der Waals surface area contributed by atoms with Crippen LogP contribution in [0.4, 0.5) is 0 Å². The van der Waals surface area contributed by atoms with E-state index in [0.29, 0.717) is 13.0 Å². The lowest BCUT2D eigenvalue weighted by Gasteiger charge is -2.39. The Labute approximate surface area is 149 Å². The van der Waals surface area contributed by atoms with E-state index in [0.717, 1.165) is 19.3 Å². The van der Waals surface area contributed by atoms with Crippen LogP contribution in [0.25, 0.3) is 0 Å². The summed E-state index contributed by atoms with van der Waals surface area (Å²) in [5, 5.41) is 57.2. The molecule has 0 atom stereocenters. The molecule has 0 aliphatic heterocycles. The fraction of sp³-hybridized carbons (Fsp3) is 0.941. The molecule has 0 aliphatic rings. The summed E-state index contributed by atoms with van der Waals surface area (Å²) in [5.74, 6) is 0.136. The fourth-order valence-corrected chi connectivity index (χ4v) is 2.65. The summed E-state index contributed by atoms with van der Waals surface area (Å²) < 4.78 is 0. The second kappa shape index (κ2) is 12.7. The Bertz CT molecular complexity index is 318. The number of aliphatic hydroxyl groups excluding tert-OH is 6. The second-order valence-corrected chi connectivity index (χ2v) is 7.17. The highest BCUT2D eigenvalue weighted by molar-refractivity contribution is 5.75. The molecule has 8 nitrogen and oxygen atoms in total. The number of hydrogen-bond acceptors (Lipinski definition) is 8. The molecule has 0 saturated heterocycles. The lowest BCUT2D eigenvalue weighted by Crippen LogP contribution is -2.51. The second-order valence-electron chi connectivity index (χ2n) is 7.17. The van der Waals surface area contributed by atoms with E-state index in [1.54, 1.807) is 6.92 Å². The molecule has 0 aromatic heterocycles. The minimum atomic E-state index is -1.11. The molecule has 0 aromatic carbocycles. The van der Waals surface area contributed by atoms with Crippen LogP contribution in [0.5, 0.6) is 0 Å². The van der Waals surface area contributed by atoms with Gasteiger partial charge in [0.1, 0.15) is 5.78 Å². The minimum Gasteiger partial charge on any atom is -0.396 e. The molecule has 6 N–H and O–H groups in total. The van der Waals surface area contributed by atoms with Crippen molar-refractivity contribution in [2.75, 3.05) is 59.3 Å². The maximum Gasteiger partial charge on any atom is 0.129 e. The molecule has 0 amide bonds. The predicted octanol–water partition coefficient (Wildman–Crippen LogP) is -1.64. The molecule has 0 heterocycles. The van der Waals surface area contributed by atoms with Gasteiger partial charge >= 0.3 is 0 Å². The maximum atomic E-state index is 11.0. The molecule has 0 aliphatic carbocycles. The molecule has 0 saturated carbocycles. The summed E-state index contributed by atoms with van der Waals surface area (Å²) in [5.41, 5.74) is -2.21. The Hall–Kier alpha value is -0.610. The lowest BCUT2D eigenvalue weighted by molar-refractivity contribution is -0.117. The van der Waals surface area contributed by atoms with Crippen LogP contribution < -0.4 is 0 Å². The van der Waals surface area contributed by atoms with Crippen molar-refractivity contribution < 1.29 is 35.4 Å². The minimum absolute atomic E-state index is 0.136. The zero-order valence-corrected chi connectivity index (χ0v) is 15.2. The average Bonchev–Trinajstić information content (AvgIpc) is 2.63. The normalized spacial score (nSPS) is 12.8. The molecule has 0 unspecified atom stereocenters. The van der Waals surface area contributed by atoms with Gasteiger partial charge in [0, 0.05) is 19.5 Å². The fourth-order valence-electron chi connectivity index (χ4n) is 2.65. The van der Waals surface area contributed by atoms with Crippen LogP contribution in [0, 0.1) is 10.8 Å². The number of aliphatic hydroxyl groups is 6. The van der Waals surface area contributed by atoms with Gasteiger partial charge in [-0.1, -0.05) is 6.42 Å². The Balaban J connectivity index is 4.94. The molecule has 0 spiro atoms. The van der Waals surface area contributed by atoms with Crippen molar-refractivity contribution in [2.45, 2.75) is 32.6 Å². The number of carbonyl (C=O) groups is 1. The Kier molecular flexibility index (Phi) is 12.4. The summed E-state index contributed by atoms with van der Waals surface area (Å²) in [6.07, 6.45) is 2.83. The van der Waals surface area contributed by atoms with E-state index in [2.05, 4.69) is 0 Å². The van der Waals surface area contributed by atoms with Gasteiger partial charge in [0.2, 0.25) is 0 Å². The van der Waals surface area contributed by atoms with Crippen molar-refractivity contribution in [1.29, 1.82) is 0 Å². The van der Waals surface area contributed by atoms with Crippen LogP contribution in [0.2, 0.25) is 0 Å². The van der Waals surface area contributed by atoms with Gasteiger partial charge in [-0.15, -0.1) is 0 Å². The quantitative estimate of drug-likeness (QED) is 0.179. The molecular weight excluding hydrogens is 330 g/mol. The summed E-state index contributed by atoms with van der Waals surface area (Å²) in [6.45, 7) is -0.0803. The van der Waals surface area contributed by atoms with Gasteiger partial charge < -0.3 is 40.3 Å². The van der Waals surface area contributed by atoms with Gasteiger partial charge in [0.05, 0.1) is 50.5 Å². The summed E-state index contributed by atoms with van der Waals surface area (Å²) in [6, 6.07) is 0. The molecule has 150 valence electrons. The van der Waals surface area contributed by atoms with Crippen LogP contribution in [0.1, 0.15) is 32.6 Å². The van der Waals surface area contributed by atoms with Gasteiger partial charge in [0.25, 0.3) is 0 Å². The van der Waals surface area contributed by atoms with Crippen LogP contribution in [-0.4, -0.2) is 101 Å². The first-order valence-electron chi connectivity index (χ1n) is 8.73. The van der Waals surface area contributed by atoms with E-state index < -0.39 is 50.5 Å². The number of nitrogens with zero attached hydrogens (tertiary/aromatic N) is 1. The largest absolute Gasteiger partial charge is 0.396 e. The van der Waals surface area contributed by atoms with Crippen molar-refractivity contribution in [3.63, 3.8) is 0 Å². The van der Waals surface area contributed by atoms with E-state index in [4.69, 9.17) is 0 Å². The highest BCUT2D eigenvalue weighted by atomic mass is 16.3. The molecule has 0 rings (SSSR count). The average molecular weight is 365 g/mol. The van der Waals surface area contributed by atoms with Crippen LogP contribution in [0.3, 0.4) is 0 Å². The van der Waals surface area contributed by atoms with E-state index >= 15 is 0 Å². The van der Waals surface area contributed by atoms with Crippen molar-refractivity contribution in [2.24, 2.45) is 10.8 Å². The monoisotopic (exact) mass is 365 g/mol. The highest BCUT2D eigenvalue weighted by Crippen LogP contribution is 2.23. The first-order valence-corrected chi connectivity index (χ1v) is 8.73. The number of hydrogen-bond donors (Lipinski definition) is 6. The van der Waals surface area contributed by atoms with Crippen LogP contribution in [-0.2, 0) is 4.79 Å². The van der Waals surface area contributed by atoms with Gasteiger partial charge in [0.15, 0.2) is 0 Å². The van der Waals surface area contributed by atoms with Crippen molar-refractivity contribution in [3.8, 4) is 0 Å². The Morgan fingerprint density at radius 2 is 1.12 bits per heavy atom. The number of rotatable bonds is 16. The third-order valence-electron chi connectivity index (χ3n) is 4.63. The van der Waals surface area contributed by atoms with Gasteiger partial charge in [-0.05, 0) is 26.3 Å². The summed E-state index contributed by atoms with van der Waals surface area (Å²) >= 11 is 0. The standard InChI is InChI=1S/C17H35NO7/c1-15(25)5-3-2-4-6-18(7-16(9-19,10-20)11-21)8-17(12-22,13-23)14-24/h19-24H,2-14H2,1H3. The zero-order chi connectivity index (χ0) is 19.3. The van der Waals surface area contributed by atoms with Gasteiger partial charge in [-0.2, -0.15) is 0 Å². The molecule has 0 bridgehead atoms. The third-order valence-corrected chi connectivity index (χ3v) is 4.63. The summed E-state index contributed by atoms with van der Waals surface area (Å²) in [7, 11) is 0. The van der Waals surface area contributed by atoms with Crippen molar-refractivity contribution in [3.05, 3.63) is 0 Å². The Morgan fingerprint density at radius 3 is 1.44 bits per heavy atom. The van der Waals surface area contributed by atoms with Gasteiger partial charge in [-0.3, -0.25) is 0 Å². The highest BCUT2D eigenvalue weighted by Gasteiger charge is 2.35. The topological polar surface area (TPSA) is 142 Å². The first-order chi connectivity index (χ1) is 11.9. The zero-order valence-electron chi connectivity index (χ0n) is 15.2. The predicted molar refractivity (Wildman–Crippen MR) is 93.0 cm³/mol. The third kappa shape index (κ3) is 8.54. The van der Waals surface area contributed by atoms with Crippen LogP contribution >= 0.6 is 0 Å². The van der Waals surface area contributed by atoms with Gasteiger partial charge in [-0.25, -0.2) is 0 Å². The number of ketones is 1. The molecule has 0 fully saturated rings. The number of unbranched alkanes of at least 4 members (excludes halogenated alkanes) is 2. The molecule has 25 heavy (non-hydrogen) atoms. The number of Topliss-reactive ketones (excluding diaryl/α,β-unsaturated/α-hetero) is 1. The van der Waals surface area contributed by atoms with E-state index in [9.17, 15) is 35.4 Å². The van der Waals surface area contributed by atoms with Crippen LogP contribution in [0.15, 0.2) is 0 Å². The van der Waals surface area contributed by atoms with E-state index in [1.165, 1.54) is 0 Å².